The lowest BCUT2D eigenvalue weighted by atomic mass is 10.1. The van der Waals surface area contributed by atoms with Crippen molar-refractivity contribution in [1.29, 1.82) is 0 Å². The van der Waals surface area contributed by atoms with E-state index < -0.39 is 30.8 Å². The van der Waals surface area contributed by atoms with Crippen LogP contribution in [0.15, 0.2) is 6.33 Å². The Kier molecular flexibility index (Phi) is 2.83. The lowest BCUT2D eigenvalue weighted by Gasteiger charge is -2.20. The maximum Gasteiger partial charge on any atom is 0.264 e. The zero-order chi connectivity index (χ0) is 14.5. The number of nitrogens with one attached hydrogen (secondary N) is 1. The van der Waals surface area contributed by atoms with Gasteiger partial charge in [-0.25, -0.2) is 19.3 Å². The number of aromatic amines is 1. The first-order valence-corrected chi connectivity index (χ1v) is 5.77. The standard InChI is InChI=1S/C10H12FN5O4/c11-10(19)3(1-17)20-5(6(10)18)9-15-7(12)4-8(16-9)14-2-13-4/h2-3,5-6,17-19H,1H2,(H3,12,13,14,15,16)/t3-,5?,6-,10-/m1/s1. The Morgan fingerprint density at radius 1 is 1.50 bits per heavy atom. The van der Waals surface area contributed by atoms with Gasteiger partial charge in [-0.05, 0) is 0 Å². The van der Waals surface area contributed by atoms with E-state index in [4.69, 9.17) is 15.6 Å². The van der Waals surface area contributed by atoms with Crippen LogP contribution in [0.4, 0.5) is 10.2 Å². The Morgan fingerprint density at radius 2 is 2.25 bits per heavy atom. The SMILES string of the molecule is Nc1nc(C2O[C@H](CO)[C@](O)(F)[C@@H]2O)nc2nc[nH]c12. The van der Waals surface area contributed by atoms with Crippen LogP contribution in [0.5, 0.6) is 0 Å². The van der Waals surface area contributed by atoms with Gasteiger partial charge >= 0.3 is 0 Å². The third-order valence-corrected chi connectivity index (χ3v) is 3.22. The van der Waals surface area contributed by atoms with E-state index in [0.717, 1.165) is 0 Å². The van der Waals surface area contributed by atoms with Crippen molar-refractivity contribution in [2.45, 2.75) is 24.2 Å². The maximum atomic E-state index is 13.9. The van der Waals surface area contributed by atoms with Gasteiger partial charge in [0.2, 0.25) is 0 Å². The van der Waals surface area contributed by atoms with E-state index in [-0.39, 0.29) is 17.3 Å². The molecule has 2 aromatic rings. The highest BCUT2D eigenvalue weighted by Crippen LogP contribution is 2.40. The first-order valence-electron chi connectivity index (χ1n) is 5.77. The summed E-state index contributed by atoms with van der Waals surface area (Å²) in [6.45, 7) is -0.805. The molecule has 4 atom stereocenters. The number of alkyl halides is 1. The normalized spacial score (nSPS) is 33.9. The summed E-state index contributed by atoms with van der Waals surface area (Å²) in [7, 11) is 0. The Morgan fingerprint density at radius 3 is 2.90 bits per heavy atom. The number of ether oxygens (including phenoxy) is 1. The first kappa shape index (κ1) is 13.1. The van der Waals surface area contributed by atoms with Crippen molar-refractivity contribution in [3.63, 3.8) is 0 Å². The van der Waals surface area contributed by atoms with Gasteiger partial charge in [0.1, 0.15) is 23.8 Å². The summed E-state index contributed by atoms with van der Waals surface area (Å²) in [6.07, 6.45) is -3.55. The predicted molar refractivity (Wildman–Crippen MR) is 62.9 cm³/mol. The molecule has 2 aromatic heterocycles. The molecule has 0 aromatic carbocycles. The zero-order valence-electron chi connectivity index (χ0n) is 10.1. The molecule has 3 heterocycles. The van der Waals surface area contributed by atoms with Gasteiger partial charge in [0.25, 0.3) is 5.85 Å². The summed E-state index contributed by atoms with van der Waals surface area (Å²) in [4.78, 5) is 14.5. The molecule has 0 aliphatic carbocycles. The summed E-state index contributed by atoms with van der Waals surface area (Å²) >= 11 is 0. The topological polar surface area (TPSA) is 150 Å². The number of H-pyrrole nitrogens is 1. The zero-order valence-corrected chi connectivity index (χ0v) is 10.1. The van der Waals surface area contributed by atoms with Crippen LogP contribution < -0.4 is 5.73 Å². The molecule has 1 saturated heterocycles. The number of aromatic nitrogens is 4. The molecule has 0 radical (unpaired) electrons. The number of aliphatic hydroxyl groups excluding tert-OH is 2. The number of rotatable bonds is 2. The van der Waals surface area contributed by atoms with Crippen LogP contribution in [-0.2, 0) is 4.74 Å². The van der Waals surface area contributed by atoms with Gasteiger partial charge in [-0.3, -0.25) is 0 Å². The first-order chi connectivity index (χ1) is 9.45. The van der Waals surface area contributed by atoms with Crippen LogP contribution in [0.3, 0.4) is 0 Å². The summed E-state index contributed by atoms with van der Waals surface area (Å²) in [5.41, 5.74) is 6.30. The third kappa shape index (κ3) is 1.73. The van der Waals surface area contributed by atoms with Crippen LogP contribution in [-0.4, -0.2) is 59.9 Å². The number of anilines is 1. The minimum atomic E-state index is -3.10. The molecule has 108 valence electrons. The van der Waals surface area contributed by atoms with Crippen molar-refractivity contribution < 1.29 is 24.4 Å². The van der Waals surface area contributed by atoms with Crippen LogP contribution in [0.1, 0.15) is 11.9 Å². The van der Waals surface area contributed by atoms with Crippen molar-refractivity contribution in [3.8, 4) is 0 Å². The highest BCUT2D eigenvalue weighted by molar-refractivity contribution is 5.80. The molecule has 20 heavy (non-hydrogen) atoms. The molecule has 1 unspecified atom stereocenters. The molecule has 1 aliphatic rings. The molecule has 0 spiro atoms. The minimum Gasteiger partial charge on any atom is -0.393 e. The van der Waals surface area contributed by atoms with Crippen LogP contribution in [0.2, 0.25) is 0 Å². The van der Waals surface area contributed by atoms with Crippen molar-refractivity contribution >= 4 is 17.0 Å². The second-order valence-electron chi connectivity index (χ2n) is 4.47. The van der Waals surface area contributed by atoms with E-state index in [1.807, 2.05) is 0 Å². The molecule has 9 nitrogen and oxygen atoms in total. The fourth-order valence-electron chi connectivity index (χ4n) is 2.12. The van der Waals surface area contributed by atoms with E-state index >= 15 is 0 Å². The van der Waals surface area contributed by atoms with Gasteiger partial charge in [0.05, 0.1) is 12.9 Å². The maximum absolute atomic E-state index is 13.9. The molecule has 0 amide bonds. The lowest BCUT2D eigenvalue weighted by Crippen LogP contribution is -2.44. The van der Waals surface area contributed by atoms with Gasteiger partial charge in [0.15, 0.2) is 17.3 Å². The van der Waals surface area contributed by atoms with Gasteiger partial charge < -0.3 is 30.8 Å². The molecule has 0 saturated carbocycles. The highest BCUT2D eigenvalue weighted by atomic mass is 19.2. The number of halogens is 1. The highest BCUT2D eigenvalue weighted by Gasteiger charge is 2.57. The van der Waals surface area contributed by atoms with E-state index in [0.29, 0.717) is 5.52 Å². The molecule has 1 fully saturated rings. The summed E-state index contributed by atoms with van der Waals surface area (Å²) in [5, 5.41) is 28.2. The monoisotopic (exact) mass is 285 g/mol. The minimum absolute atomic E-state index is 0.0492. The number of nitrogens with two attached hydrogens (primary N) is 1. The molecular weight excluding hydrogens is 273 g/mol. The average molecular weight is 285 g/mol. The van der Waals surface area contributed by atoms with Gasteiger partial charge in [-0.2, -0.15) is 0 Å². The van der Waals surface area contributed by atoms with E-state index in [9.17, 15) is 14.6 Å². The van der Waals surface area contributed by atoms with Gasteiger partial charge in [-0.1, -0.05) is 0 Å². The van der Waals surface area contributed by atoms with E-state index in [2.05, 4.69) is 19.9 Å². The fourth-order valence-corrected chi connectivity index (χ4v) is 2.12. The number of nitrogen functional groups attached to an aromatic ring is 1. The summed E-state index contributed by atoms with van der Waals surface area (Å²) < 4.78 is 18.9. The van der Waals surface area contributed by atoms with Crippen molar-refractivity contribution in [3.05, 3.63) is 12.2 Å². The second kappa shape index (κ2) is 4.31. The second-order valence-corrected chi connectivity index (χ2v) is 4.47. The number of imidazole rings is 1. The number of aliphatic hydroxyl groups is 3. The Balaban J connectivity index is 2.03. The van der Waals surface area contributed by atoms with Crippen LogP contribution in [0, 0.1) is 0 Å². The molecule has 6 N–H and O–H groups in total. The number of hydrogen-bond donors (Lipinski definition) is 5. The smallest absolute Gasteiger partial charge is 0.264 e. The largest absolute Gasteiger partial charge is 0.393 e. The van der Waals surface area contributed by atoms with Crippen LogP contribution in [0.25, 0.3) is 11.2 Å². The Labute approximate surface area is 111 Å². The summed E-state index contributed by atoms with van der Waals surface area (Å²) in [6, 6.07) is 0. The fraction of sp³-hybridized carbons (Fsp3) is 0.500. The van der Waals surface area contributed by atoms with Crippen LogP contribution >= 0.6 is 0 Å². The van der Waals surface area contributed by atoms with Gasteiger partial charge in [0, 0.05) is 0 Å². The lowest BCUT2D eigenvalue weighted by molar-refractivity contribution is -0.181. The number of fused-ring (bicyclic) bond motifs is 1. The number of hydrogen-bond acceptors (Lipinski definition) is 8. The molecular formula is C10H12FN5O4. The predicted octanol–water partition coefficient (Wildman–Crippen LogP) is -1.61. The third-order valence-electron chi connectivity index (χ3n) is 3.22. The Hall–Kier alpha value is -1.88. The van der Waals surface area contributed by atoms with Gasteiger partial charge in [-0.15, -0.1) is 0 Å². The summed E-state index contributed by atoms with van der Waals surface area (Å²) in [5.74, 6) is -3.17. The van der Waals surface area contributed by atoms with Crippen molar-refractivity contribution in [2.75, 3.05) is 12.3 Å². The number of nitrogens with zero attached hydrogens (tertiary/aromatic N) is 3. The molecule has 1 aliphatic heterocycles. The van der Waals surface area contributed by atoms with E-state index in [1.54, 1.807) is 0 Å². The average Bonchev–Trinajstić information content (AvgIpc) is 2.95. The molecule has 3 rings (SSSR count). The Bertz CT molecular complexity index is 648. The quantitative estimate of drug-likeness (QED) is 0.442. The van der Waals surface area contributed by atoms with E-state index in [1.165, 1.54) is 6.33 Å². The molecule has 0 bridgehead atoms. The molecule has 10 heteroatoms. The van der Waals surface area contributed by atoms with Crippen molar-refractivity contribution in [2.24, 2.45) is 0 Å². The van der Waals surface area contributed by atoms with Crippen molar-refractivity contribution in [1.82, 2.24) is 19.9 Å².